The van der Waals surface area contributed by atoms with Crippen molar-refractivity contribution in [3.8, 4) is 5.75 Å². The van der Waals surface area contributed by atoms with Crippen molar-refractivity contribution in [2.45, 2.75) is 19.0 Å². The maximum Gasteiger partial charge on any atom is 0.261 e. The molecule has 0 bridgehead atoms. The summed E-state index contributed by atoms with van der Waals surface area (Å²) in [4.78, 5) is 15.4. The molecule has 2 heterocycles. The van der Waals surface area contributed by atoms with E-state index in [9.17, 15) is 13.2 Å². The molecular formula is C17H17Cl2NO4S2. The van der Waals surface area contributed by atoms with E-state index in [0.717, 1.165) is 4.88 Å². The van der Waals surface area contributed by atoms with Gasteiger partial charge in [0.25, 0.3) is 5.91 Å². The molecule has 1 aromatic heterocycles. The predicted octanol–water partition coefficient (Wildman–Crippen LogP) is 3.65. The van der Waals surface area contributed by atoms with Crippen molar-refractivity contribution >= 4 is 50.3 Å². The summed E-state index contributed by atoms with van der Waals surface area (Å²) in [6.07, 6.45) is 0.442. The molecule has 0 N–H and O–H groups in total. The van der Waals surface area contributed by atoms with E-state index in [1.807, 2.05) is 17.5 Å². The van der Waals surface area contributed by atoms with E-state index in [1.165, 1.54) is 11.3 Å². The van der Waals surface area contributed by atoms with Gasteiger partial charge in [0.05, 0.1) is 23.1 Å². The van der Waals surface area contributed by atoms with Crippen molar-refractivity contribution in [2.24, 2.45) is 0 Å². The molecule has 0 unspecified atom stereocenters. The molecule has 2 aromatic rings. The average molecular weight is 434 g/mol. The summed E-state index contributed by atoms with van der Waals surface area (Å²) in [6.45, 7) is 0.130. The monoisotopic (exact) mass is 433 g/mol. The van der Waals surface area contributed by atoms with Crippen LogP contribution in [0.25, 0.3) is 0 Å². The maximum absolute atomic E-state index is 12.8. The highest BCUT2D eigenvalue weighted by molar-refractivity contribution is 7.91. The predicted molar refractivity (Wildman–Crippen MR) is 104 cm³/mol. The Bertz CT molecular complexity index is 884. The molecule has 0 aliphatic carbocycles. The number of nitrogens with zero attached hydrogens (tertiary/aromatic N) is 1. The first-order chi connectivity index (χ1) is 12.4. The number of hydrogen-bond donors (Lipinski definition) is 0. The minimum absolute atomic E-state index is 0.0119. The van der Waals surface area contributed by atoms with Gasteiger partial charge in [-0.05, 0) is 30.0 Å². The van der Waals surface area contributed by atoms with E-state index in [-0.39, 0.29) is 35.1 Å². The Balaban J connectivity index is 1.73. The Labute approximate surface area is 166 Å². The van der Waals surface area contributed by atoms with Crippen molar-refractivity contribution < 1.29 is 17.9 Å². The highest BCUT2D eigenvalue weighted by atomic mass is 35.5. The Morgan fingerprint density at radius 2 is 2.08 bits per heavy atom. The Morgan fingerprint density at radius 3 is 2.73 bits per heavy atom. The highest BCUT2D eigenvalue weighted by Crippen LogP contribution is 2.31. The van der Waals surface area contributed by atoms with Gasteiger partial charge in [-0.2, -0.15) is 0 Å². The zero-order valence-electron chi connectivity index (χ0n) is 13.7. The SMILES string of the molecule is O=C(COc1cccc(Cl)c1Cl)N(Cc1cccs1)[C@@H]1CCS(=O)(=O)C1. The fourth-order valence-corrected chi connectivity index (χ4v) is 5.61. The van der Waals surface area contributed by atoms with Gasteiger partial charge in [-0.25, -0.2) is 8.42 Å². The summed E-state index contributed by atoms with van der Waals surface area (Å²) in [5.41, 5.74) is 0. The molecule has 3 rings (SSSR count). The number of carbonyl (C=O) groups excluding carboxylic acids is 1. The zero-order chi connectivity index (χ0) is 18.7. The van der Waals surface area contributed by atoms with Gasteiger partial charge >= 0.3 is 0 Å². The van der Waals surface area contributed by atoms with Crippen LogP contribution in [0.5, 0.6) is 5.75 Å². The average Bonchev–Trinajstić information content (AvgIpc) is 3.23. The van der Waals surface area contributed by atoms with Crippen LogP contribution in [-0.2, 0) is 21.2 Å². The van der Waals surface area contributed by atoms with E-state index in [4.69, 9.17) is 27.9 Å². The fourth-order valence-electron chi connectivity index (χ4n) is 2.83. The molecule has 9 heteroatoms. The number of carbonyl (C=O) groups is 1. The largest absolute Gasteiger partial charge is 0.482 e. The molecule has 0 spiro atoms. The second kappa shape index (κ2) is 8.17. The lowest BCUT2D eigenvalue weighted by atomic mass is 10.2. The lowest BCUT2D eigenvalue weighted by molar-refractivity contribution is -0.135. The lowest BCUT2D eigenvalue weighted by Crippen LogP contribution is -2.42. The summed E-state index contributed by atoms with van der Waals surface area (Å²) >= 11 is 13.5. The second-order valence-electron chi connectivity index (χ2n) is 6.00. The minimum Gasteiger partial charge on any atom is -0.482 e. The maximum atomic E-state index is 12.8. The normalized spacial score (nSPS) is 18.6. The van der Waals surface area contributed by atoms with Crippen molar-refractivity contribution in [1.82, 2.24) is 4.90 Å². The van der Waals surface area contributed by atoms with Gasteiger partial charge in [0.1, 0.15) is 10.8 Å². The van der Waals surface area contributed by atoms with E-state index in [1.54, 1.807) is 23.1 Å². The first-order valence-electron chi connectivity index (χ1n) is 7.95. The van der Waals surface area contributed by atoms with Gasteiger partial charge in [-0.15, -0.1) is 11.3 Å². The van der Waals surface area contributed by atoms with E-state index in [2.05, 4.69) is 0 Å². The third-order valence-electron chi connectivity index (χ3n) is 4.14. The number of thiophene rings is 1. The van der Waals surface area contributed by atoms with Crippen LogP contribution in [0, 0.1) is 0 Å². The zero-order valence-corrected chi connectivity index (χ0v) is 16.9. The number of rotatable bonds is 6. The van der Waals surface area contributed by atoms with E-state index < -0.39 is 9.84 Å². The molecule has 1 aliphatic rings. The fraction of sp³-hybridized carbons (Fsp3) is 0.353. The second-order valence-corrected chi connectivity index (χ2v) is 10.0. The van der Waals surface area contributed by atoms with Gasteiger partial charge in [0.15, 0.2) is 16.4 Å². The van der Waals surface area contributed by atoms with Crippen molar-refractivity contribution in [3.05, 3.63) is 50.6 Å². The minimum atomic E-state index is -3.10. The molecule has 0 radical (unpaired) electrons. The number of hydrogen-bond acceptors (Lipinski definition) is 5. The Kier molecular flexibility index (Phi) is 6.12. The molecule has 1 saturated heterocycles. The van der Waals surface area contributed by atoms with Gasteiger partial charge < -0.3 is 9.64 Å². The molecule has 5 nitrogen and oxygen atoms in total. The Hall–Kier alpha value is -1.28. The van der Waals surface area contributed by atoms with Crippen LogP contribution in [0.3, 0.4) is 0 Å². The molecule has 1 aromatic carbocycles. The van der Waals surface area contributed by atoms with Crippen molar-refractivity contribution in [3.63, 3.8) is 0 Å². The van der Waals surface area contributed by atoms with Crippen molar-refractivity contribution in [2.75, 3.05) is 18.1 Å². The van der Waals surface area contributed by atoms with Gasteiger partial charge in [-0.1, -0.05) is 35.3 Å². The summed E-state index contributed by atoms with van der Waals surface area (Å²) in [5, 5.41) is 2.51. The summed E-state index contributed by atoms with van der Waals surface area (Å²) < 4.78 is 29.2. The van der Waals surface area contributed by atoms with Gasteiger partial charge in [0.2, 0.25) is 0 Å². The van der Waals surface area contributed by atoms with Crippen LogP contribution in [0.15, 0.2) is 35.7 Å². The summed E-state index contributed by atoms with van der Waals surface area (Å²) in [6, 6.07) is 8.42. The highest BCUT2D eigenvalue weighted by Gasteiger charge is 2.35. The van der Waals surface area contributed by atoms with E-state index >= 15 is 0 Å². The molecule has 26 heavy (non-hydrogen) atoms. The number of ether oxygens (including phenoxy) is 1. The molecule has 1 aliphatic heterocycles. The Morgan fingerprint density at radius 1 is 1.27 bits per heavy atom. The van der Waals surface area contributed by atoms with Gasteiger partial charge in [0, 0.05) is 10.9 Å². The number of amides is 1. The lowest BCUT2D eigenvalue weighted by Gasteiger charge is -2.28. The number of halogens is 2. The summed E-state index contributed by atoms with van der Waals surface area (Å²) in [5.74, 6) is 0.133. The first-order valence-corrected chi connectivity index (χ1v) is 11.4. The number of sulfone groups is 1. The third-order valence-corrected chi connectivity index (χ3v) is 7.56. The van der Waals surface area contributed by atoms with Gasteiger partial charge in [-0.3, -0.25) is 4.79 Å². The molecular weight excluding hydrogens is 417 g/mol. The van der Waals surface area contributed by atoms with Crippen LogP contribution in [0.2, 0.25) is 10.0 Å². The van der Waals surface area contributed by atoms with Crippen molar-refractivity contribution in [1.29, 1.82) is 0 Å². The first kappa shape index (κ1) is 19.5. The smallest absolute Gasteiger partial charge is 0.261 e. The van der Waals surface area contributed by atoms with Crippen LogP contribution < -0.4 is 4.74 Å². The quantitative estimate of drug-likeness (QED) is 0.697. The molecule has 0 saturated carbocycles. The molecule has 1 fully saturated rings. The topological polar surface area (TPSA) is 63.7 Å². The molecule has 1 atom stereocenters. The van der Waals surface area contributed by atoms with E-state index in [0.29, 0.717) is 23.7 Å². The van der Waals surface area contributed by atoms with Crippen LogP contribution in [0.4, 0.5) is 0 Å². The van der Waals surface area contributed by atoms with Crippen LogP contribution >= 0.6 is 34.5 Å². The third kappa shape index (κ3) is 4.71. The molecule has 140 valence electrons. The molecule has 1 amide bonds. The van der Waals surface area contributed by atoms with Crippen LogP contribution in [0.1, 0.15) is 11.3 Å². The standard InChI is InChI=1S/C17H17Cl2NO4S2/c18-14-4-1-5-15(17(14)19)24-10-16(21)20(9-13-3-2-7-25-13)12-6-8-26(22,23)11-12/h1-5,7,12H,6,8-11H2/t12-/m1/s1. The van der Waals surface area contributed by atoms with Crippen LogP contribution in [-0.4, -0.2) is 43.4 Å². The summed E-state index contributed by atoms with van der Waals surface area (Å²) in [7, 11) is -3.10. The number of benzene rings is 1.